The Labute approximate surface area is 184 Å². The number of allylic oxidation sites excluding steroid dienone is 1. The summed E-state index contributed by atoms with van der Waals surface area (Å²) >= 11 is 0. The van der Waals surface area contributed by atoms with Crippen molar-refractivity contribution in [2.45, 2.75) is 83.8 Å². The van der Waals surface area contributed by atoms with Gasteiger partial charge in [-0.25, -0.2) is 0 Å². The van der Waals surface area contributed by atoms with Crippen LogP contribution in [0.4, 0.5) is 0 Å². The molecule has 1 heterocycles. The molecule has 172 valence electrons. The molecule has 4 heteroatoms. The van der Waals surface area contributed by atoms with Gasteiger partial charge in [-0.1, -0.05) is 56.9 Å². The molecule has 1 saturated carbocycles. The summed E-state index contributed by atoms with van der Waals surface area (Å²) in [5.74, 6) is 1.73. The third-order valence-corrected chi connectivity index (χ3v) is 7.52. The second-order valence-corrected chi connectivity index (χ2v) is 10.1. The van der Waals surface area contributed by atoms with Crippen LogP contribution in [-0.4, -0.2) is 60.2 Å². The van der Waals surface area contributed by atoms with E-state index in [0.29, 0.717) is 17.8 Å². The van der Waals surface area contributed by atoms with Crippen LogP contribution in [0.15, 0.2) is 23.8 Å². The quantitative estimate of drug-likeness (QED) is 0.339. The lowest BCUT2D eigenvalue weighted by atomic mass is 9.88. The molecule has 0 aromatic heterocycles. The maximum Gasteiger partial charge on any atom is 0.0723 e. The molecule has 2 fully saturated rings. The van der Waals surface area contributed by atoms with Gasteiger partial charge in [-0.3, -0.25) is 0 Å². The van der Waals surface area contributed by atoms with Crippen molar-refractivity contribution < 1.29 is 14.9 Å². The Balaban J connectivity index is 1.36. The van der Waals surface area contributed by atoms with Crippen molar-refractivity contribution in [1.82, 2.24) is 4.90 Å². The Hall–Kier alpha value is -0.680. The SMILES string of the molecule is CCCC[C@H](C)C[C@H](O)C=C[C@@H]1[C@H]2CC(CCOCCN3CCCC3)=C[C@H]2C[C@H]1O. The molecule has 6 atom stereocenters. The highest BCUT2D eigenvalue weighted by atomic mass is 16.5. The highest BCUT2D eigenvalue weighted by Gasteiger charge is 2.43. The van der Waals surface area contributed by atoms with Crippen LogP contribution in [0, 0.1) is 23.7 Å². The molecule has 3 rings (SSSR count). The van der Waals surface area contributed by atoms with E-state index in [4.69, 9.17) is 4.74 Å². The van der Waals surface area contributed by atoms with Crippen LogP contribution < -0.4 is 0 Å². The predicted molar refractivity (Wildman–Crippen MR) is 123 cm³/mol. The maximum atomic E-state index is 10.6. The third kappa shape index (κ3) is 7.19. The van der Waals surface area contributed by atoms with Gasteiger partial charge in [0.2, 0.25) is 0 Å². The molecule has 1 saturated heterocycles. The molecule has 0 bridgehead atoms. The Bertz CT molecular complexity index is 554. The summed E-state index contributed by atoms with van der Waals surface area (Å²) in [5, 5.41) is 21.0. The Morgan fingerprint density at radius 2 is 2.07 bits per heavy atom. The number of hydrogen-bond acceptors (Lipinski definition) is 4. The zero-order valence-corrected chi connectivity index (χ0v) is 19.3. The van der Waals surface area contributed by atoms with Crippen LogP contribution in [0.1, 0.15) is 71.6 Å². The monoisotopic (exact) mass is 419 g/mol. The minimum absolute atomic E-state index is 0.181. The first kappa shape index (κ1) is 24.0. The van der Waals surface area contributed by atoms with Gasteiger partial charge in [0.25, 0.3) is 0 Å². The minimum atomic E-state index is -0.388. The summed E-state index contributed by atoms with van der Waals surface area (Å²) in [5.41, 5.74) is 1.50. The zero-order valence-electron chi connectivity index (χ0n) is 19.3. The first-order valence-corrected chi connectivity index (χ1v) is 12.6. The molecule has 3 aliphatic rings. The smallest absolute Gasteiger partial charge is 0.0723 e. The fourth-order valence-corrected chi connectivity index (χ4v) is 5.71. The molecule has 1 aliphatic heterocycles. The normalized spacial score (nSPS) is 31.4. The number of rotatable bonds is 13. The molecular weight excluding hydrogens is 374 g/mol. The van der Waals surface area contributed by atoms with Gasteiger partial charge in [-0.2, -0.15) is 0 Å². The average Bonchev–Trinajstić information content (AvgIpc) is 3.42. The lowest BCUT2D eigenvalue weighted by Crippen LogP contribution is -2.24. The Morgan fingerprint density at radius 3 is 2.83 bits per heavy atom. The molecule has 0 unspecified atom stereocenters. The Morgan fingerprint density at radius 1 is 1.27 bits per heavy atom. The summed E-state index contributed by atoms with van der Waals surface area (Å²) < 4.78 is 5.89. The molecule has 2 N–H and O–H groups in total. The van der Waals surface area contributed by atoms with Gasteiger partial charge >= 0.3 is 0 Å². The second-order valence-electron chi connectivity index (χ2n) is 10.1. The van der Waals surface area contributed by atoms with E-state index in [1.54, 1.807) is 0 Å². The van der Waals surface area contributed by atoms with E-state index in [2.05, 4.69) is 30.9 Å². The standard InChI is InChI=1S/C26H45NO3/c1-3-4-7-20(2)16-23(28)8-9-24-25-18-21(17-22(25)19-26(24)29)10-14-30-15-13-27-11-5-6-12-27/h8-9,17,20,22-26,28-29H,3-7,10-16,18-19H2,1-2H3/t20-,22-,23+,24+,25-,26+/m0/s1. The van der Waals surface area contributed by atoms with Gasteiger partial charge in [0, 0.05) is 12.5 Å². The highest BCUT2D eigenvalue weighted by Crippen LogP contribution is 2.48. The molecule has 0 aromatic rings. The average molecular weight is 420 g/mol. The van der Waals surface area contributed by atoms with Gasteiger partial charge in [0.05, 0.1) is 25.4 Å². The lowest BCUT2D eigenvalue weighted by Gasteiger charge is -2.19. The first-order chi connectivity index (χ1) is 14.6. The van der Waals surface area contributed by atoms with Crippen LogP contribution in [0.25, 0.3) is 0 Å². The van der Waals surface area contributed by atoms with Gasteiger partial charge in [0.1, 0.15) is 0 Å². The fourth-order valence-electron chi connectivity index (χ4n) is 5.71. The van der Waals surface area contributed by atoms with Crippen LogP contribution in [-0.2, 0) is 4.74 Å². The van der Waals surface area contributed by atoms with Crippen LogP contribution in [0.3, 0.4) is 0 Å². The van der Waals surface area contributed by atoms with E-state index in [9.17, 15) is 10.2 Å². The van der Waals surface area contributed by atoms with E-state index < -0.39 is 0 Å². The number of aliphatic hydroxyl groups is 2. The van der Waals surface area contributed by atoms with Gasteiger partial charge < -0.3 is 19.8 Å². The summed E-state index contributed by atoms with van der Waals surface area (Å²) in [6.07, 6.45) is 15.9. The number of unbranched alkanes of at least 4 members (excludes halogenated alkanes) is 1. The van der Waals surface area contributed by atoms with Gasteiger partial charge in [-0.15, -0.1) is 0 Å². The van der Waals surface area contributed by atoms with Crippen molar-refractivity contribution >= 4 is 0 Å². The Kier molecular flexibility index (Phi) is 9.89. The van der Waals surface area contributed by atoms with E-state index >= 15 is 0 Å². The van der Waals surface area contributed by atoms with Crippen molar-refractivity contribution in [1.29, 1.82) is 0 Å². The summed E-state index contributed by atoms with van der Waals surface area (Å²) in [6.45, 7) is 9.65. The van der Waals surface area contributed by atoms with E-state index in [1.165, 1.54) is 50.8 Å². The van der Waals surface area contributed by atoms with E-state index in [-0.39, 0.29) is 18.1 Å². The largest absolute Gasteiger partial charge is 0.392 e. The summed E-state index contributed by atoms with van der Waals surface area (Å²) in [6, 6.07) is 0. The molecule has 4 nitrogen and oxygen atoms in total. The molecule has 0 radical (unpaired) electrons. The number of ether oxygens (including phenoxy) is 1. The predicted octanol–water partition coefficient (Wildman–Crippen LogP) is 4.57. The minimum Gasteiger partial charge on any atom is -0.392 e. The number of aliphatic hydroxyl groups excluding tert-OH is 2. The van der Waals surface area contributed by atoms with Crippen molar-refractivity contribution in [3.05, 3.63) is 23.8 Å². The van der Waals surface area contributed by atoms with Gasteiger partial charge in [-0.05, 0) is 69.4 Å². The molecule has 0 aromatic carbocycles. The van der Waals surface area contributed by atoms with Gasteiger partial charge in [0.15, 0.2) is 0 Å². The second kappa shape index (κ2) is 12.4. The fraction of sp³-hybridized carbons (Fsp3) is 0.846. The molecule has 0 amide bonds. The number of hydrogen-bond donors (Lipinski definition) is 2. The number of likely N-dealkylation sites (tertiary alicyclic amines) is 1. The molecular formula is C26H45NO3. The first-order valence-electron chi connectivity index (χ1n) is 12.6. The topological polar surface area (TPSA) is 52.9 Å². The van der Waals surface area contributed by atoms with Crippen LogP contribution in [0.2, 0.25) is 0 Å². The van der Waals surface area contributed by atoms with E-state index in [1.807, 2.05) is 6.08 Å². The van der Waals surface area contributed by atoms with Crippen molar-refractivity contribution in [3.63, 3.8) is 0 Å². The van der Waals surface area contributed by atoms with Crippen molar-refractivity contribution in [3.8, 4) is 0 Å². The van der Waals surface area contributed by atoms with Crippen LogP contribution >= 0.6 is 0 Å². The third-order valence-electron chi connectivity index (χ3n) is 7.52. The van der Waals surface area contributed by atoms with Crippen molar-refractivity contribution in [2.75, 3.05) is 32.8 Å². The zero-order chi connectivity index (χ0) is 21.3. The summed E-state index contributed by atoms with van der Waals surface area (Å²) in [4.78, 5) is 2.50. The molecule has 30 heavy (non-hydrogen) atoms. The van der Waals surface area contributed by atoms with E-state index in [0.717, 1.165) is 45.4 Å². The number of fused-ring (bicyclic) bond motifs is 1. The van der Waals surface area contributed by atoms with Crippen molar-refractivity contribution in [2.24, 2.45) is 23.7 Å². The number of nitrogens with zero attached hydrogens (tertiary/aromatic N) is 1. The van der Waals surface area contributed by atoms with Crippen LogP contribution in [0.5, 0.6) is 0 Å². The lowest BCUT2D eigenvalue weighted by molar-refractivity contribution is 0.112. The summed E-state index contributed by atoms with van der Waals surface area (Å²) in [7, 11) is 0. The maximum absolute atomic E-state index is 10.6. The molecule has 0 spiro atoms. The highest BCUT2D eigenvalue weighted by molar-refractivity contribution is 5.21. The molecule has 2 aliphatic carbocycles.